The Morgan fingerprint density at radius 1 is 1.00 bits per heavy atom. The summed E-state index contributed by atoms with van der Waals surface area (Å²) in [6, 6.07) is 17.7. The van der Waals surface area contributed by atoms with Crippen molar-refractivity contribution in [3.05, 3.63) is 60.2 Å². The van der Waals surface area contributed by atoms with E-state index in [1.165, 1.54) is 5.56 Å². The van der Waals surface area contributed by atoms with Crippen molar-refractivity contribution in [3.63, 3.8) is 0 Å². The Hall–Kier alpha value is -2.00. The van der Waals surface area contributed by atoms with Crippen LogP contribution in [0.25, 0.3) is 0 Å². The highest BCUT2D eigenvalue weighted by atomic mass is 16.5. The van der Waals surface area contributed by atoms with Crippen LogP contribution in [0, 0.1) is 0 Å². The minimum absolute atomic E-state index is 0.279. The highest BCUT2D eigenvalue weighted by Crippen LogP contribution is 2.23. The number of ether oxygens (including phenoxy) is 1. The smallest absolute Gasteiger partial charge is 0.119 e. The van der Waals surface area contributed by atoms with Gasteiger partial charge in [-0.3, -0.25) is 0 Å². The Kier molecular flexibility index (Phi) is 5.64. The summed E-state index contributed by atoms with van der Waals surface area (Å²) in [5.41, 5.74) is 2.33. The molecule has 0 spiro atoms. The summed E-state index contributed by atoms with van der Waals surface area (Å²) >= 11 is 0. The maximum Gasteiger partial charge on any atom is 0.119 e. The number of hydrogen-bond acceptors (Lipinski definition) is 3. The molecule has 0 saturated heterocycles. The number of para-hydroxylation sites is 2. The van der Waals surface area contributed by atoms with Crippen LogP contribution >= 0.6 is 0 Å². The van der Waals surface area contributed by atoms with Gasteiger partial charge in [-0.15, -0.1) is 0 Å². The molecule has 0 radical (unpaired) electrons. The van der Waals surface area contributed by atoms with Gasteiger partial charge >= 0.3 is 0 Å². The Morgan fingerprint density at radius 3 is 2.38 bits per heavy atom. The number of rotatable bonds is 7. The fraction of sp³-hybridized carbons (Fsp3) is 0.333. The van der Waals surface area contributed by atoms with E-state index in [0.29, 0.717) is 12.5 Å². The van der Waals surface area contributed by atoms with Gasteiger partial charge in [0.25, 0.3) is 0 Å². The summed E-state index contributed by atoms with van der Waals surface area (Å²) in [6.07, 6.45) is -0.551. The lowest BCUT2D eigenvalue weighted by Crippen LogP contribution is -2.26. The van der Waals surface area contributed by atoms with Gasteiger partial charge in [-0.2, -0.15) is 0 Å². The van der Waals surface area contributed by atoms with Crippen LogP contribution in [0.4, 0.5) is 5.69 Å². The van der Waals surface area contributed by atoms with Crippen LogP contribution in [0.15, 0.2) is 54.6 Å². The molecule has 0 aliphatic carbocycles. The Bertz CT molecular complexity index is 540. The van der Waals surface area contributed by atoms with Crippen LogP contribution in [-0.4, -0.2) is 24.4 Å². The number of aliphatic hydroxyl groups excluding tert-OH is 1. The molecule has 0 saturated carbocycles. The molecule has 1 unspecified atom stereocenters. The minimum Gasteiger partial charge on any atom is -0.491 e. The summed E-state index contributed by atoms with van der Waals surface area (Å²) in [4.78, 5) is 0. The van der Waals surface area contributed by atoms with Gasteiger partial charge < -0.3 is 15.2 Å². The van der Waals surface area contributed by atoms with E-state index >= 15 is 0 Å². The maximum absolute atomic E-state index is 10.0. The Labute approximate surface area is 126 Å². The number of nitrogens with one attached hydrogen (secondary N) is 1. The summed E-state index contributed by atoms with van der Waals surface area (Å²) in [5.74, 6) is 1.23. The molecule has 0 aliphatic heterocycles. The molecule has 0 aromatic heterocycles. The van der Waals surface area contributed by atoms with Crippen molar-refractivity contribution in [2.75, 3.05) is 18.5 Å². The highest BCUT2D eigenvalue weighted by Gasteiger charge is 2.09. The van der Waals surface area contributed by atoms with Crippen LogP contribution in [0.3, 0.4) is 0 Å². The predicted molar refractivity (Wildman–Crippen MR) is 87.0 cm³/mol. The number of anilines is 1. The summed E-state index contributed by atoms with van der Waals surface area (Å²) in [7, 11) is 0. The molecule has 2 aromatic carbocycles. The molecule has 2 rings (SSSR count). The first kappa shape index (κ1) is 15.4. The van der Waals surface area contributed by atoms with E-state index in [-0.39, 0.29) is 6.61 Å². The SMILES string of the molecule is CC(C)c1ccccc1NCC(O)COc1ccccc1. The third kappa shape index (κ3) is 4.80. The summed E-state index contributed by atoms with van der Waals surface area (Å²) < 4.78 is 5.54. The van der Waals surface area contributed by atoms with E-state index < -0.39 is 6.10 Å². The van der Waals surface area contributed by atoms with Gasteiger partial charge in [0.2, 0.25) is 0 Å². The van der Waals surface area contributed by atoms with E-state index in [9.17, 15) is 5.11 Å². The van der Waals surface area contributed by atoms with Crippen molar-refractivity contribution in [1.82, 2.24) is 0 Å². The molecule has 112 valence electrons. The molecule has 2 N–H and O–H groups in total. The van der Waals surface area contributed by atoms with E-state index in [0.717, 1.165) is 11.4 Å². The fourth-order valence-corrected chi connectivity index (χ4v) is 2.16. The van der Waals surface area contributed by atoms with Crippen LogP contribution in [-0.2, 0) is 0 Å². The molecule has 3 nitrogen and oxygen atoms in total. The van der Waals surface area contributed by atoms with Gasteiger partial charge in [0.15, 0.2) is 0 Å². The molecule has 0 aliphatic rings. The minimum atomic E-state index is -0.551. The van der Waals surface area contributed by atoms with Gasteiger partial charge in [0.05, 0.1) is 0 Å². The Morgan fingerprint density at radius 2 is 1.67 bits per heavy atom. The van der Waals surface area contributed by atoms with Gasteiger partial charge in [0, 0.05) is 12.2 Å². The molecule has 0 bridgehead atoms. The average molecular weight is 285 g/mol. The van der Waals surface area contributed by atoms with Crippen molar-refractivity contribution >= 4 is 5.69 Å². The lowest BCUT2D eigenvalue weighted by molar-refractivity contribution is 0.117. The normalized spacial score (nSPS) is 12.2. The molecule has 2 aromatic rings. The zero-order valence-electron chi connectivity index (χ0n) is 12.6. The fourth-order valence-electron chi connectivity index (χ4n) is 2.16. The monoisotopic (exact) mass is 285 g/mol. The zero-order valence-corrected chi connectivity index (χ0v) is 12.6. The first-order valence-corrected chi connectivity index (χ1v) is 7.35. The van der Waals surface area contributed by atoms with Gasteiger partial charge in [-0.05, 0) is 29.7 Å². The van der Waals surface area contributed by atoms with Crippen molar-refractivity contribution in [2.24, 2.45) is 0 Å². The van der Waals surface area contributed by atoms with Crippen molar-refractivity contribution in [2.45, 2.75) is 25.9 Å². The summed E-state index contributed by atoms with van der Waals surface area (Å²) in [5, 5.41) is 13.3. The molecule has 3 heteroatoms. The first-order valence-electron chi connectivity index (χ1n) is 7.35. The van der Waals surface area contributed by atoms with E-state index in [1.54, 1.807) is 0 Å². The quantitative estimate of drug-likeness (QED) is 0.815. The van der Waals surface area contributed by atoms with Crippen molar-refractivity contribution in [3.8, 4) is 5.75 Å². The maximum atomic E-state index is 10.0. The van der Waals surface area contributed by atoms with Gasteiger partial charge in [-0.1, -0.05) is 50.2 Å². The van der Waals surface area contributed by atoms with E-state index in [4.69, 9.17) is 4.74 Å². The second kappa shape index (κ2) is 7.70. The third-order valence-corrected chi connectivity index (χ3v) is 3.30. The molecular weight excluding hydrogens is 262 g/mol. The highest BCUT2D eigenvalue weighted by molar-refractivity contribution is 5.52. The summed E-state index contributed by atoms with van der Waals surface area (Å²) in [6.45, 7) is 5.07. The predicted octanol–water partition coefficient (Wildman–Crippen LogP) is 3.66. The van der Waals surface area contributed by atoms with Crippen LogP contribution in [0.1, 0.15) is 25.3 Å². The third-order valence-electron chi connectivity index (χ3n) is 3.30. The number of aliphatic hydroxyl groups is 1. The second-order valence-corrected chi connectivity index (χ2v) is 5.40. The van der Waals surface area contributed by atoms with Crippen LogP contribution in [0.2, 0.25) is 0 Å². The standard InChI is InChI=1S/C18H23NO2/c1-14(2)17-10-6-7-11-18(17)19-12-15(20)13-21-16-8-4-3-5-9-16/h3-11,14-15,19-20H,12-13H2,1-2H3. The lowest BCUT2D eigenvalue weighted by atomic mass is 10.0. The molecule has 0 fully saturated rings. The second-order valence-electron chi connectivity index (χ2n) is 5.40. The lowest BCUT2D eigenvalue weighted by Gasteiger charge is -2.17. The van der Waals surface area contributed by atoms with Crippen LogP contribution < -0.4 is 10.1 Å². The first-order chi connectivity index (χ1) is 10.2. The van der Waals surface area contributed by atoms with E-state index in [1.807, 2.05) is 48.5 Å². The van der Waals surface area contributed by atoms with Crippen LogP contribution in [0.5, 0.6) is 5.75 Å². The van der Waals surface area contributed by atoms with E-state index in [2.05, 4.69) is 25.2 Å². The average Bonchev–Trinajstić information content (AvgIpc) is 2.52. The number of benzene rings is 2. The van der Waals surface area contributed by atoms with Crippen molar-refractivity contribution < 1.29 is 9.84 Å². The molecule has 1 atom stereocenters. The molecule has 0 amide bonds. The van der Waals surface area contributed by atoms with Gasteiger partial charge in [-0.25, -0.2) is 0 Å². The molecule has 21 heavy (non-hydrogen) atoms. The van der Waals surface area contributed by atoms with Crippen molar-refractivity contribution in [1.29, 1.82) is 0 Å². The molecule has 0 heterocycles. The zero-order chi connectivity index (χ0) is 15.1. The molecular formula is C18H23NO2. The van der Waals surface area contributed by atoms with Gasteiger partial charge in [0.1, 0.15) is 18.5 Å². The largest absolute Gasteiger partial charge is 0.491 e. The number of hydrogen-bond donors (Lipinski definition) is 2. The Balaban J connectivity index is 1.83. The topological polar surface area (TPSA) is 41.5 Å².